The highest BCUT2D eigenvalue weighted by Crippen LogP contribution is 2.21. The SMILES string of the molecule is CNSc1cccc(Cl)c1.NCC1CCCCC1. The Hall–Kier alpha value is -0.220. The third-order valence-corrected chi connectivity index (χ3v) is 4.00. The first-order chi connectivity index (χ1) is 8.76. The Balaban J connectivity index is 0.000000184. The second-order valence-corrected chi connectivity index (χ2v) is 6.02. The van der Waals surface area contributed by atoms with Gasteiger partial charge in [0.15, 0.2) is 0 Å². The van der Waals surface area contributed by atoms with Gasteiger partial charge in [-0.2, -0.15) is 0 Å². The number of nitrogens with two attached hydrogens (primary N) is 1. The lowest BCUT2D eigenvalue weighted by atomic mass is 9.90. The fourth-order valence-corrected chi connectivity index (χ4v) is 2.89. The van der Waals surface area contributed by atoms with Crippen LogP contribution in [0.25, 0.3) is 0 Å². The van der Waals surface area contributed by atoms with Crippen molar-refractivity contribution in [1.29, 1.82) is 0 Å². The summed E-state index contributed by atoms with van der Waals surface area (Å²) in [5.41, 5.74) is 5.50. The van der Waals surface area contributed by atoms with E-state index in [1.165, 1.54) is 32.1 Å². The van der Waals surface area contributed by atoms with Crippen molar-refractivity contribution in [3.8, 4) is 0 Å². The van der Waals surface area contributed by atoms with Crippen molar-refractivity contribution < 1.29 is 0 Å². The molecule has 0 amide bonds. The first-order valence-electron chi connectivity index (χ1n) is 6.55. The molecule has 2 rings (SSSR count). The second-order valence-electron chi connectivity index (χ2n) is 4.50. The lowest BCUT2D eigenvalue weighted by Crippen LogP contribution is -2.16. The van der Waals surface area contributed by atoms with Gasteiger partial charge in [-0.25, -0.2) is 0 Å². The van der Waals surface area contributed by atoms with Gasteiger partial charge < -0.3 is 5.73 Å². The van der Waals surface area contributed by atoms with Crippen LogP contribution in [0.4, 0.5) is 0 Å². The Morgan fingerprint density at radius 1 is 1.33 bits per heavy atom. The minimum atomic E-state index is 0.778. The largest absolute Gasteiger partial charge is 0.330 e. The monoisotopic (exact) mass is 286 g/mol. The molecule has 1 fully saturated rings. The summed E-state index contributed by atoms with van der Waals surface area (Å²) in [6.07, 6.45) is 7.05. The third-order valence-electron chi connectivity index (χ3n) is 3.07. The Labute approximate surface area is 120 Å². The Morgan fingerprint density at radius 2 is 2.06 bits per heavy atom. The smallest absolute Gasteiger partial charge is 0.0417 e. The van der Waals surface area contributed by atoms with Gasteiger partial charge in [-0.05, 0) is 62.5 Å². The van der Waals surface area contributed by atoms with E-state index in [2.05, 4.69) is 4.72 Å². The molecule has 18 heavy (non-hydrogen) atoms. The van der Waals surface area contributed by atoms with Crippen LogP contribution in [0, 0.1) is 5.92 Å². The molecule has 0 radical (unpaired) electrons. The minimum absolute atomic E-state index is 0.778. The highest BCUT2D eigenvalue weighted by Gasteiger charge is 2.09. The maximum atomic E-state index is 5.74. The van der Waals surface area contributed by atoms with E-state index in [0.29, 0.717) is 0 Å². The highest BCUT2D eigenvalue weighted by atomic mass is 35.5. The van der Waals surface area contributed by atoms with Crippen molar-refractivity contribution >= 4 is 23.5 Å². The number of halogens is 1. The van der Waals surface area contributed by atoms with Gasteiger partial charge in [0.05, 0.1) is 0 Å². The number of hydrogen-bond acceptors (Lipinski definition) is 3. The molecule has 0 aromatic heterocycles. The first-order valence-corrected chi connectivity index (χ1v) is 7.75. The maximum absolute atomic E-state index is 5.74. The molecule has 1 aromatic rings. The van der Waals surface area contributed by atoms with Gasteiger partial charge in [0.2, 0.25) is 0 Å². The van der Waals surface area contributed by atoms with Crippen molar-refractivity contribution in [3.63, 3.8) is 0 Å². The van der Waals surface area contributed by atoms with Gasteiger partial charge in [-0.1, -0.05) is 36.9 Å². The van der Waals surface area contributed by atoms with E-state index >= 15 is 0 Å². The van der Waals surface area contributed by atoms with Crippen LogP contribution in [-0.2, 0) is 0 Å². The van der Waals surface area contributed by atoms with E-state index in [-0.39, 0.29) is 0 Å². The molecule has 0 atom stereocenters. The quantitative estimate of drug-likeness (QED) is 0.822. The molecular weight excluding hydrogens is 264 g/mol. The molecule has 0 unspecified atom stereocenters. The van der Waals surface area contributed by atoms with E-state index in [4.69, 9.17) is 17.3 Å². The molecule has 0 spiro atoms. The van der Waals surface area contributed by atoms with Gasteiger partial charge in [-0.3, -0.25) is 4.72 Å². The van der Waals surface area contributed by atoms with Crippen LogP contribution in [0.15, 0.2) is 29.2 Å². The van der Waals surface area contributed by atoms with Crippen LogP contribution in [0.5, 0.6) is 0 Å². The van der Waals surface area contributed by atoms with Crippen molar-refractivity contribution in [3.05, 3.63) is 29.3 Å². The van der Waals surface area contributed by atoms with Crippen molar-refractivity contribution in [2.45, 2.75) is 37.0 Å². The first kappa shape index (κ1) is 15.8. The van der Waals surface area contributed by atoms with E-state index < -0.39 is 0 Å². The van der Waals surface area contributed by atoms with Gasteiger partial charge in [0.1, 0.15) is 0 Å². The fourth-order valence-electron chi connectivity index (χ4n) is 2.07. The van der Waals surface area contributed by atoms with Crippen LogP contribution in [-0.4, -0.2) is 13.6 Å². The standard InChI is InChI=1S/C7H8ClNS.C7H15N/c1-9-10-7-4-2-3-6(8)5-7;8-6-7-4-2-1-3-5-7/h2-5,9H,1H3;7H,1-6,8H2. The molecule has 0 heterocycles. The third kappa shape index (κ3) is 6.64. The van der Waals surface area contributed by atoms with Gasteiger partial charge in [0.25, 0.3) is 0 Å². The number of rotatable bonds is 3. The molecule has 0 bridgehead atoms. The van der Waals surface area contributed by atoms with Crippen LogP contribution < -0.4 is 10.5 Å². The second kappa shape index (κ2) is 9.68. The lowest BCUT2D eigenvalue weighted by molar-refractivity contribution is 0.366. The van der Waals surface area contributed by atoms with Crippen molar-refractivity contribution in [2.75, 3.05) is 13.6 Å². The number of benzene rings is 1. The topological polar surface area (TPSA) is 38.0 Å². The van der Waals surface area contributed by atoms with Crippen LogP contribution in [0.3, 0.4) is 0 Å². The van der Waals surface area contributed by atoms with Crippen molar-refractivity contribution in [1.82, 2.24) is 4.72 Å². The molecule has 0 saturated heterocycles. The minimum Gasteiger partial charge on any atom is -0.330 e. The maximum Gasteiger partial charge on any atom is 0.0417 e. The average molecular weight is 287 g/mol. The van der Waals surface area contributed by atoms with E-state index in [0.717, 1.165) is 22.4 Å². The van der Waals surface area contributed by atoms with E-state index in [1.807, 2.05) is 31.3 Å². The fraction of sp³-hybridized carbons (Fsp3) is 0.571. The Bertz CT molecular complexity index is 327. The zero-order valence-electron chi connectivity index (χ0n) is 11.0. The predicted octanol–water partition coefficient (Wildman–Crippen LogP) is 4.09. The summed E-state index contributed by atoms with van der Waals surface area (Å²) >= 11 is 7.29. The summed E-state index contributed by atoms with van der Waals surface area (Å²) in [7, 11) is 1.88. The van der Waals surface area contributed by atoms with Gasteiger partial charge in [-0.15, -0.1) is 0 Å². The zero-order chi connectivity index (χ0) is 13.2. The predicted molar refractivity (Wildman–Crippen MR) is 82.0 cm³/mol. The number of nitrogens with one attached hydrogen (secondary N) is 1. The van der Waals surface area contributed by atoms with Crippen LogP contribution in [0.2, 0.25) is 5.02 Å². The van der Waals surface area contributed by atoms with Crippen LogP contribution in [0.1, 0.15) is 32.1 Å². The molecule has 4 heteroatoms. The summed E-state index contributed by atoms with van der Waals surface area (Å²) in [4.78, 5) is 1.13. The van der Waals surface area contributed by atoms with Crippen LogP contribution >= 0.6 is 23.5 Å². The van der Waals surface area contributed by atoms with Gasteiger partial charge in [0, 0.05) is 9.92 Å². The summed E-state index contributed by atoms with van der Waals surface area (Å²) in [5.74, 6) is 0.865. The van der Waals surface area contributed by atoms with Crippen molar-refractivity contribution in [2.24, 2.45) is 11.7 Å². The molecule has 1 aromatic carbocycles. The molecule has 0 aliphatic heterocycles. The summed E-state index contributed by atoms with van der Waals surface area (Å²) < 4.78 is 2.97. The zero-order valence-corrected chi connectivity index (χ0v) is 12.6. The average Bonchev–Trinajstić information content (AvgIpc) is 2.41. The molecule has 1 aliphatic carbocycles. The Kier molecular flexibility index (Phi) is 8.51. The molecular formula is C14H23ClN2S. The molecule has 1 saturated carbocycles. The number of hydrogen-bond donors (Lipinski definition) is 2. The summed E-state index contributed by atoms with van der Waals surface area (Å²) in [5, 5.41) is 0.778. The molecule has 102 valence electrons. The van der Waals surface area contributed by atoms with E-state index in [9.17, 15) is 0 Å². The Morgan fingerprint density at radius 3 is 2.56 bits per heavy atom. The molecule has 2 nitrogen and oxygen atoms in total. The normalized spacial score (nSPS) is 15.9. The van der Waals surface area contributed by atoms with E-state index in [1.54, 1.807) is 11.9 Å². The van der Waals surface area contributed by atoms with Gasteiger partial charge >= 0.3 is 0 Å². The highest BCUT2D eigenvalue weighted by molar-refractivity contribution is 7.97. The molecule has 1 aliphatic rings. The molecule has 3 N–H and O–H groups in total. The summed E-state index contributed by atoms with van der Waals surface area (Å²) in [6.45, 7) is 0.917. The lowest BCUT2D eigenvalue weighted by Gasteiger charge is -2.18. The summed E-state index contributed by atoms with van der Waals surface area (Å²) in [6, 6.07) is 7.72.